The highest BCUT2D eigenvalue weighted by atomic mass is 35.5. The van der Waals surface area contributed by atoms with E-state index in [0.29, 0.717) is 42.4 Å². The molecule has 1 amide bonds. The lowest BCUT2D eigenvalue weighted by molar-refractivity contribution is 0.0930. The minimum atomic E-state index is -0.137. The summed E-state index contributed by atoms with van der Waals surface area (Å²) in [6.07, 6.45) is 7.78. The van der Waals surface area contributed by atoms with Gasteiger partial charge in [0.25, 0.3) is 5.91 Å². The van der Waals surface area contributed by atoms with Gasteiger partial charge in [0.05, 0.1) is 12.3 Å². The van der Waals surface area contributed by atoms with Crippen LogP contribution in [0.15, 0.2) is 48.7 Å². The number of rotatable bonds is 8. The van der Waals surface area contributed by atoms with Crippen LogP contribution in [0.3, 0.4) is 0 Å². The predicted octanol–water partition coefficient (Wildman–Crippen LogP) is 3.19. The maximum absolute atomic E-state index is 13.3. The smallest absolute Gasteiger partial charge is 0.268 e. The molecule has 2 N–H and O–H groups in total. The molecule has 9 nitrogen and oxygen atoms in total. The molecule has 10 heteroatoms. The van der Waals surface area contributed by atoms with Gasteiger partial charge < -0.3 is 10.4 Å². The van der Waals surface area contributed by atoms with Crippen molar-refractivity contribution in [2.24, 2.45) is 0 Å². The summed E-state index contributed by atoms with van der Waals surface area (Å²) < 4.78 is 1.80. The highest BCUT2D eigenvalue weighted by Gasteiger charge is 2.34. The molecule has 35 heavy (non-hydrogen) atoms. The van der Waals surface area contributed by atoms with Crippen LogP contribution in [-0.4, -0.2) is 53.8 Å². The van der Waals surface area contributed by atoms with Crippen LogP contribution in [0.5, 0.6) is 0 Å². The Morgan fingerprint density at radius 2 is 1.91 bits per heavy atom. The van der Waals surface area contributed by atoms with Gasteiger partial charge in [0.15, 0.2) is 5.82 Å². The first-order valence-electron chi connectivity index (χ1n) is 12.0. The number of tetrazole rings is 1. The van der Waals surface area contributed by atoms with E-state index in [1.54, 1.807) is 10.5 Å². The fourth-order valence-corrected chi connectivity index (χ4v) is 5.08. The Hall–Kier alpha value is -3.30. The largest absolute Gasteiger partial charge is 0.396 e. The van der Waals surface area contributed by atoms with Crippen LogP contribution >= 0.6 is 11.6 Å². The highest BCUT2D eigenvalue weighted by molar-refractivity contribution is 6.30. The molecule has 0 atom stereocenters. The summed E-state index contributed by atoms with van der Waals surface area (Å²) in [4.78, 5) is 19.4. The van der Waals surface area contributed by atoms with Gasteiger partial charge in [-0.1, -0.05) is 49.1 Å². The average molecular weight is 494 g/mol. The van der Waals surface area contributed by atoms with Crippen LogP contribution in [0.2, 0.25) is 5.02 Å². The molecule has 0 unspecified atom stereocenters. The normalized spacial score (nSPS) is 15.4. The molecule has 182 valence electrons. The quantitative estimate of drug-likeness (QED) is 0.390. The van der Waals surface area contributed by atoms with Crippen molar-refractivity contribution in [1.82, 2.24) is 34.9 Å². The van der Waals surface area contributed by atoms with Gasteiger partial charge in [0.1, 0.15) is 17.9 Å². The van der Waals surface area contributed by atoms with E-state index in [2.05, 4.69) is 37.8 Å². The number of carbonyl (C=O) groups is 1. The van der Waals surface area contributed by atoms with Gasteiger partial charge >= 0.3 is 0 Å². The number of nitrogens with one attached hydrogen (secondary N) is 1. The first kappa shape index (κ1) is 23.4. The second-order valence-corrected chi connectivity index (χ2v) is 9.55. The van der Waals surface area contributed by atoms with Crippen LogP contribution < -0.4 is 5.32 Å². The van der Waals surface area contributed by atoms with Crippen LogP contribution in [0, 0.1) is 0 Å². The zero-order valence-corrected chi connectivity index (χ0v) is 20.2. The standard InChI is InChI=1S/C25H28ClN7O2/c26-19-9-7-18(8-10-19)25(12-2-1-3-13-25)17-27-24(35)21-5-4-6-23-28-20(15-32(21)23)16-33-30-22(11-14-34)29-31-33/h4-10,15,34H,1-3,11-14,16-17H2,(H,27,35). The van der Waals surface area contributed by atoms with Crippen molar-refractivity contribution in [3.8, 4) is 0 Å². The third-order valence-corrected chi connectivity index (χ3v) is 7.01. The molecule has 0 saturated heterocycles. The Labute approximate surface area is 208 Å². The number of nitrogens with zero attached hydrogens (tertiary/aromatic N) is 6. The summed E-state index contributed by atoms with van der Waals surface area (Å²) >= 11 is 6.13. The zero-order valence-electron chi connectivity index (χ0n) is 19.4. The average Bonchev–Trinajstić information content (AvgIpc) is 3.50. The van der Waals surface area contributed by atoms with Crippen molar-refractivity contribution in [1.29, 1.82) is 0 Å². The molecular formula is C25H28ClN7O2. The summed E-state index contributed by atoms with van der Waals surface area (Å²) in [6, 6.07) is 13.5. The lowest BCUT2D eigenvalue weighted by atomic mass is 9.69. The molecule has 3 aromatic heterocycles. The maximum Gasteiger partial charge on any atom is 0.268 e. The van der Waals surface area contributed by atoms with Gasteiger partial charge in [-0.2, -0.15) is 4.80 Å². The van der Waals surface area contributed by atoms with Crippen molar-refractivity contribution < 1.29 is 9.90 Å². The molecule has 1 aliphatic carbocycles. The SMILES string of the molecule is O=C(NCC1(c2ccc(Cl)cc2)CCCCC1)c1cccc2nc(Cn3nnc(CCO)n3)cn12. The number of amides is 1. The lowest BCUT2D eigenvalue weighted by Gasteiger charge is -2.38. The number of imidazole rings is 1. The number of aliphatic hydroxyl groups excluding tert-OH is 1. The molecule has 1 aliphatic rings. The van der Waals surface area contributed by atoms with E-state index in [-0.39, 0.29) is 17.9 Å². The molecule has 5 rings (SSSR count). The van der Waals surface area contributed by atoms with Gasteiger partial charge in [-0.3, -0.25) is 9.20 Å². The third kappa shape index (κ3) is 5.06. The number of halogens is 1. The summed E-state index contributed by atoms with van der Waals surface area (Å²) in [5.74, 6) is 0.344. The molecular weight excluding hydrogens is 466 g/mol. The number of hydrogen-bond donors (Lipinski definition) is 2. The van der Waals surface area contributed by atoms with Crippen molar-refractivity contribution in [2.75, 3.05) is 13.2 Å². The van der Waals surface area contributed by atoms with E-state index >= 15 is 0 Å². The first-order valence-corrected chi connectivity index (χ1v) is 12.3. The molecule has 0 radical (unpaired) electrons. The van der Waals surface area contributed by atoms with E-state index in [9.17, 15) is 4.79 Å². The monoisotopic (exact) mass is 493 g/mol. The second-order valence-electron chi connectivity index (χ2n) is 9.11. The molecule has 1 saturated carbocycles. The molecule has 0 aliphatic heterocycles. The number of fused-ring (bicyclic) bond motifs is 1. The van der Waals surface area contributed by atoms with Gasteiger partial charge in [-0.25, -0.2) is 4.98 Å². The Kier molecular flexibility index (Phi) is 6.79. The number of hydrogen-bond acceptors (Lipinski definition) is 6. The second kappa shape index (κ2) is 10.1. The van der Waals surface area contributed by atoms with E-state index in [4.69, 9.17) is 16.7 Å². The van der Waals surface area contributed by atoms with Crippen LogP contribution in [0.1, 0.15) is 59.7 Å². The first-order chi connectivity index (χ1) is 17.1. The fourth-order valence-electron chi connectivity index (χ4n) is 4.95. The van der Waals surface area contributed by atoms with Crippen molar-refractivity contribution >= 4 is 23.2 Å². The van der Waals surface area contributed by atoms with Crippen LogP contribution in [0.4, 0.5) is 0 Å². The Morgan fingerprint density at radius 1 is 1.11 bits per heavy atom. The Balaban J connectivity index is 1.34. The molecule has 4 aromatic rings. The van der Waals surface area contributed by atoms with Gasteiger partial charge in [0.2, 0.25) is 0 Å². The minimum Gasteiger partial charge on any atom is -0.396 e. The minimum absolute atomic E-state index is 0.0299. The van der Waals surface area contributed by atoms with E-state index in [0.717, 1.165) is 30.7 Å². The van der Waals surface area contributed by atoms with Crippen molar-refractivity contribution in [2.45, 2.75) is 50.5 Å². The highest BCUT2D eigenvalue weighted by Crippen LogP contribution is 2.39. The van der Waals surface area contributed by atoms with Crippen LogP contribution in [0.25, 0.3) is 5.65 Å². The Morgan fingerprint density at radius 3 is 2.69 bits per heavy atom. The maximum atomic E-state index is 13.3. The van der Waals surface area contributed by atoms with E-state index in [1.807, 2.05) is 30.5 Å². The number of benzene rings is 1. The summed E-state index contributed by atoms with van der Waals surface area (Å²) in [7, 11) is 0. The van der Waals surface area contributed by atoms with Gasteiger partial charge in [-0.05, 0) is 47.9 Å². The number of pyridine rings is 1. The van der Waals surface area contributed by atoms with Crippen molar-refractivity contribution in [3.05, 3.63) is 76.5 Å². The van der Waals surface area contributed by atoms with E-state index < -0.39 is 0 Å². The summed E-state index contributed by atoms with van der Waals surface area (Å²) in [6.45, 7) is 0.862. The number of carbonyl (C=O) groups excluding carboxylic acids is 1. The predicted molar refractivity (Wildman–Crippen MR) is 131 cm³/mol. The number of aromatic nitrogens is 6. The summed E-state index contributed by atoms with van der Waals surface area (Å²) in [5, 5.41) is 25.1. The lowest BCUT2D eigenvalue weighted by Crippen LogP contribution is -2.42. The molecule has 1 fully saturated rings. The number of aliphatic hydroxyl groups is 1. The topological polar surface area (TPSA) is 110 Å². The Bertz CT molecular complexity index is 1310. The molecule has 0 bridgehead atoms. The fraction of sp³-hybridized carbons (Fsp3) is 0.400. The molecule has 1 aromatic carbocycles. The van der Waals surface area contributed by atoms with E-state index in [1.165, 1.54) is 16.8 Å². The molecule has 3 heterocycles. The zero-order chi connectivity index (χ0) is 24.3. The van der Waals surface area contributed by atoms with Gasteiger partial charge in [0, 0.05) is 29.6 Å². The summed E-state index contributed by atoms with van der Waals surface area (Å²) in [5.41, 5.74) is 3.05. The third-order valence-electron chi connectivity index (χ3n) is 6.76. The van der Waals surface area contributed by atoms with Crippen LogP contribution in [-0.2, 0) is 18.4 Å². The molecule has 0 spiro atoms. The van der Waals surface area contributed by atoms with Gasteiger partial charge in [-0.15, -0.1) is 10.2 Å². The van der Waals surface area contributed by atoms with Crippen molar-refractivity contribution in [3.63, 3.8) is 0 Å².